The molecule has 0 bridgehead atoms. The van der Waals surface area contributed by atoms with Crippen molar-refractivity contribution in [3.8, 4) is 0 Å². The number of fused-ring (bicyclic) bond motifs is 3. The second kappa shape index (κ2) is 7.27. The Morgan fingerprint density at radius 2 is 1.90 bits per heavy atom. The van der Waals surface area contributed by atoms with E-state index in [0.29, 0.717) is 16.5 Å². The van der Waals surface area contributed by atoms with Crippen LogP contribution >= 0.6 is 0 Å². The average molecular weight is 398 g/mol. The highest BCUT2D eigenvalue weighted by Crippen LogP contribution is 2.24. The van der Waals surface area contributed by atoms with E-state index in [1.54, 1.807) is 24.3 Å². The fraction of sp³-hybridized carbons (Fsp3) is 0.100. The number of ether oxygens (including phenoxy) is 1. The van der Waals surface area contributed by atoms with Crippen molar-refractivity contribution in [1.29, 1.82) is 0 Å². The zero-order valence-electron chi connectivity index (χ0n) is 14.7. The van der Waals surface area contributed by atoms with Crippen LogP contribution in [-0.4, -0.2) is 27.9 Å². The van der Waals surface area contributed by atoms with E-state index >= 15 is 0 Å². The van der Waals surface area contributed by atoms with Gasteiger partial charge in [-0.3, -0.25) is 19.0 Å². The maximum atomic E-state index is 13.2. The number of furan rings is 1. The van der Waals surface area contributed by atoms with E-state index in [1.807, 2.05) is 0 Å². The summed E-state index contributed by atoms with van der Waals surface area (Å²) in [7, 11) is 0. The molecular formula is C20H12F2N2O5. The first-order chi connectivity index (χ1) is 13.9. The minimum absolute atomic E-state index is 0.000589. The molecule has 29 heavy (non-hydrogen) atoms. The summed E-state index contributed by atoms with van der Waals surface area (Å²) in [6, 6.07) is 9.59. The van der Waals surface area contributed by atoms with Gasteiger partial charge in [0.2, 0.25) is 5.58 Å². The van der Waals surface area contributed by atoms with Crippen LogP contribution in [-0.2, 0) is 16.1 Å². The third-order valence-electron chi connectivity index (χ3n) is 4.26. The Hall–Kier alpha value is -3.88. The quantitative estimate of drug-likeness (QED) is 0.379. The summed E-state index contributed by atoms with van der Waals surface area (Å²) in [5.41, 5.74) is 0.155. The lowest BCUT2D eigenvalue weighted by Gasteiger charge is -2.06. The highest BCUT2D eigenvalue weighted by Gasteiger charge is 2.16. The van der Waals surface area contributed by atoms with Crippen LogP contribution in [0.15, 0.2) is 58.0 Å². The minimum Gasteiger partial charge on any atom is -0.456 e. The van der Waals surface area contributed by atoms with Crippen LogP contribution in [0.2, 0.25) is 0 Å². The average Bonchev–Trinajstić information content (AvgIpc) is 3.10. The van der Waals surface area contributed by atoms with Gasteiger partial charge in [0.15, 0.2) is 24.0 Å². The molecule has 0 amide bonds. The Balaban J connectivity index is 1.48. The second-order valence-corrected chi connectivity index (χ2v) is 6.17. The van der Waals surface area contributed by atoms with Gasteiger partial charge in [-0.05, 0) is 30.3 Å². The summed E-state index contributed by atoms with van der Waals surface area (Å²) in [6.07, 6.45) is 1.19. The molecule has 0 radical (unpaired) electrons. The number of Topliss-reactive ketones (excluding diaryl/α,β-unsaturated/α-hetero) is 1. The van der Waals surface area contributed by atoms with Crippen molar-refractivity contribution in [3.63, 3.8) is 0 Å². The van der Waals surface area contributed by atoms with Crippen LogP contribution < -0.4 is 5.56 Å². The molecule has 0 spiro atoms. The zero-order chi connectivity index (χ0) is 20.5. The predicted octanol–water partition coefficient (Wildman–Crippen LogP) is 2.85. The van der Waals surface area contributed by atoms with E-state index in [9.17, 15) is 23.2 Å². The van der Waals surface area contributed by atoms with Gasteiger partial charge in [0.1, 0.15) is 17.6 Å². The van der Waals surface area contributed by atoms with E-state index in [-0.39, 0.29) is 11.1 Å². The maximum Gasteiger partial charge on any atom is 0.326 e. The smallest absolute Gasteiger partial charge is 0.326 e. The Kier molecular flexibility index (Phi) is 4.63. The molecule has 2 aromatic heterocycles. The predicted molar refractivity (Wildman–Crippen MR) is 97.4 cm³/mol. The van der Waals surface area contributed by atoms with Gasteiger partial charge < -0.3 is 9.15 Å². The minimum atomic E-state index is -1.18. The molecule has 9 heteroatoms. The molecule has 2 aromatic carbocycles. The number of rotatable bonds is 5. The first-order valence-electron chi connectivity index (χ1n) is 8.44. The molecule has 0 aliphatic heterocycles. The van der Waals surface area contributed by atoms with Gasteiger partial charge in [-0.2, -0.15) is 0 Å². The van der Waals surface area contributed by atoms with Crippen LogP contribution in [0.25, 0.3) is 22.1 Å². The molecule has 2 heterocycles. The Labute approximate surface area is 161 Å². The van der Waals surface area contributed by atoms with E-state index < -0.39 is 42.1 Å². The van der Waals surface area contributed by atoms with Crippen molar-refractivity contribution < 1.29 is 27.5 Å². The number of aromatic nitrogens is 2. The molecule has 146 valence electrons. The lowest BCUT2D eigenvalue weighted by Crippen LogP contribution is -2.26. The molecule has 0 saturated carbocycles. The van der Waals surface area contributed by atoms with Gasteiger partial charge in [-0.1, -0.05) is 12.1 Å². The number of ketones is 1. The van der Waals surface area contributed by atoms with Gasteiger partial charge >= 0.3 is 5.97 Å². The monoisotopic (exact) mass is 398 g/mol. The molecule has 0 N–H and O–H groups in total. The third-order valence-corrected chi connectivity index (χ3v) is 4.26. The molecule has 7 nitrogen and oxygen atoms in total. The van der Waals surface area contributed by atoms with Crippen LogP contribution in [0, 0.1) is 11.6 Å². The van der Waals surface area contributed by atoms with Crippen LogP contribution in [0.5, 0.6) is 0 Å². The number of halogens is 2. The first-order valence-corrected chi connectivity index (χ1v) is 8.44. The molecule has 0 unspecified atom stereocenters. The van der Waals surface area contributed by atoms with Gasteiger partial charge in [0, 0.05) is 10.9 Å². The van der Waals surface area contributed by atoms with Gasteiger partial charge in [-0.15, -0.1) is 0 Å². The Morgan fingerprint density at radius 1 is 1.10 bits per heavy atom. The van der Waals surface area contributed by atoms with E-state index in [0.717, 1.165) is 22.8 Å². The number of nitrogens with zero attached hydrogens (tertiary/aromatic N) is 2. The SMILES string of the molecule is O=C(Cn1cnc2c(oc3ccccc32)c1=O)OCC(=O)c1ccc(F)c(F)c1. The zero-order valence-corrected chi connectivity index (χ0v) is 14.7. The Morgan fingerprint density at radius 3 is 2.69 bits per heavy atom. The highest BCUT2D eigenvalue weighted by molar-refractivity contribution is 6.01. The van der Waals surface area contributed by atoms with Crippen LogP contribution in [0.3, 0.4) is 0 Å². The largest absolute Gasteiger partial charge is 0.456 e. The van der Waals surface area contributed by atoms with Crippen LogP contribution in [0.1, 0.15) is 10.4 Å². The molecule has 0 saturated heterocycles. The number of esters is 1. The number of carbonyl (C=O) groups excluding carboxylic acids is 2. The fourth-order valence-electron chi connectivity index (χ4n) is 2.81. The molecule has 0 aliphatic rings. The first kappa shape index (κ1) is 18.5. The third kappa shape index (κ3) is 3.49. The molecule has 0 fully saturated rings. The normalized spacial score (nSPS) is 11.1. The fourth-order valence-corrected chi connectivity index (χ4v) is 2.81. The van der Waals surface area contributed by atoms with E-state index in [2.05, 4.69) is 4.98 Å². The van der Waals surface area contributed by atoms with Gasteiger partial charge in [0.05, 0.1) is 6.33 Å². The topological polar surface area (TPSA) is 91.4 Å². The van der Waals surface area contributed by atoms with Gasteiger partial charge in [-0.25, -0.2) is 13.8 Å². The molecule has 4 aromatic rings. The maximum absolute atomic E-state index is 13.2. The number of para-hydroxylation sites is 1. The van der Waals surface area contributed by atoms with E-state index in [4.69, 9.17) is 9.15 Å². The number of hydrogen-bond acceptors (Lipinski definition) is 6. The molecule has 0 aliphatic carbocycles. The summed E-state index contributed by atoms with van der Waals surface area (Å²) >= 11 is 0. The van der Waals surface area contributed by atoms with Crippen LogP contribution in [0.4, 0.5) is 8.78 Å². The summed E-state index contributed by atoms with van der Waals surface area (Å²) in [5.74, 6) is -3.86. The molecular weight excluding hydrogens is 386 g/mol. The number of hydrogen-bond donors (Lipinski definition) is 0. The van der Waals surface area contributed by atoms with Crippen molar-refractivity contribution in [3.05, 3.63) is 76.3 Å². The lowest BCUT2D eigenvalue weighted by molar-refractivity contribution is -0.143. The van der Waals surface area contributed by atoms with E-state index in [1.165, 1.54) is 6.33 Å². The van der Waals surface area contributed by atoms with Crippen molar-refractivity contribution in [2.75, 3.05) is 6.61 Å². The standard InChI is InChI=1S/C20H12F2N2O5/c21-13-6-5-11(7-14(13)22)15(25)9-28-17(26)8-24-10-23-18-12-3-1-2-4-16(12)29-19(18)20(24)27/h1-7,10H,8-9H2. The molecule has 4 rings (SSSR count). The second-order valence-electron chi connectivity index (χ2n) is 6.17. The van der Waals surface area contributed by atoms with Crippen molar-refractivity contribution >= 4 is 33.8 Å². The number of carbonyl (C=O) groups is 2. The summed E-state index contributed by atoms with van der Waals surface area (Å²) in [6.45, 7) is -1.18. The summed E-state index contributed by atoms with van der Waals surface area (Å²) in [4.78, 5) is 40.6. The summed E-state index contributed by atoms with van der Waals surface area (Å²) in [5, 5.41) is 0.673. The lowest BCUT2D eigenvalue weighted by atomic mass is 10.1. The summed E-state index contributed by atoms with van der Waals surface area (Å²) < 4.78 is 37.4. The number of benzene rings is 2. The highest BCUT2D eigenvalue weighted by atomic mass is 19.2. The van der Waals surface area contributed by atoms with Crippen molar-refractivity contribution in [2.24, 2.45) is 0 Å². The Bertz CT molecular complexity index is 1330. The van der Waals surface area contributed by atoms with Gasteiger partial charge in [0.25, 0.3) is 5.56 Å². The van der Waals surface area contributed by atoms with Crippen molar-refractivity contribution in [1.82, 2.24) is 9.55 Å². The van der Waals surface area contributed by atoms with Crippen molar-refractivity contribution in [2.45, 2.75) is 6.54 Å². The molecule has 0 atom stereocenters.